The molecule has 1 aliphatic rings. The molecule has 8 heteroatoms. The van der Waals surface area contributed by atoms with Gasteiger partial charge in [-0.3, -0.25) is 0 Å². The summed E-state index contributed by atoms with van der Waals surface area (Å²) in [6.45, 7) is 3.28. The third-order valence-electron chi connectivity index (χ3n) is 4.46. The van der Waals surface area contributed by atoms with Crippen LogP contribution in [0.5, 0.6) is 5.88 Å². The van der Waals surface area contributed by atoms with Gasteiger partial charge in [0.15, 0.2) is 0 Å². The van der Waals surface area contributed by atoms with Crippen LogP contribution in [0.4, 0.5) is 15.0 Å². The first-order chi connectivity index (χ1) is 13.0. The summed E-state index contributed by atoms with van der Waals surface area (Å²) >= 11 is 0. The molecule has 1 aromatic heterocycles. The van der Waals surface area contributed by atoms with Crippen LogP contribution in [0.15, 0.2) is 36.4 Å². The van der Waals surface area contributed by atoms with Gasteiger partial charge in [-0.15, -0.1) is 0 Å². The first kappa shape index (κ1) is 18.5. The summed E-state index contributed by atoms with van der Waals surface area (Å²) in [4.78, 5) is 19.0. The van der Waals surface area contributed by atoms with E-state index in [0.717, 1.165) is 0 Å². The van der Waals surface area contributed by atoms with Crippen LogP contribution in [0, 0.1) is 17.1 Å². The molecule has 2 heterocycles. The lowest BCUT2D eigenvalue weighted by Crippen LogP contribution is -2.53. The minimum absolute atomic E-state index is 0.00363. The van der Waals surface area contributed by atoms with E-state index in [2.05, 4.69) is 4.98 Å². The molecular weight excluding hydrogens is 351 g/mol. The highest BCUT2D eigenvalue weighted by molar-refractivity contribution is 5.65. The second-order valence-electron chi connectivity index (χ2n) is 6.31. The fourth-order valence-electron chi connectivity index (χ4n) is 3.00. The van der Waals surface area contributed by atoms with Gasteiger partial charge in [-0.25, -0.2) is 9.18 Å². The molecule has 7 nitrogen and oxygen atoms in total. The van der Waals surface area contributed by atoms with E-state index in [1.165, 1.54) is 23.1 Å². The number of nitrogens with zero attached hydrogens (tertiary/aromatic N) is 4. The summed E-state index contributed by atoms with van der Waals surface area (Å²) in [6.07, 6.45) is -0.920. The zero-order valence-corrected chi connectivity index (χ0v) is 14.8. The predicted octanol–water partition coefficient (Wildman–Crippen LogP) is 2.86. The first-order valence-corrected chi connectivity index (χ1v) is 8.51. The normalized spacial score (nSPS) is 16.7. The van der Waals surface area contributed by atoms with Crippen molar-refractivity contribution < 1.29 is 19.0 Å². The maximum atomic E-state index is 14.0. The minimum Gasteiger partial charge on any atom is -0.473 e. The second kappa shape index (κ2) is 7.91. The quantitative estimate of drug-likeness (QED) is 0.890. The Balaban J connectivity index is 1.67. The number of hydrogen-bond acceptors (Lipinski definition) is 5. The van der Waals surface area contributed by atoms with Crippen LogP contribution in [0.1, 0.15) is 18.1 Å². The van der Waals surface area contributed by atoms with Crippen molar-refractivity contribution in [3.8, 4) is 11.9 Å². The van der Waals surface area contributed by atoms with Crippen LogP contribution in [-0.2, 0) is 6.61 Å². The summed E-state index contributed by atoms with van der Waals surface area (Å²) in [6, 6.07) is 11.4. The minimum atomic E-state index is -0.920. The molecule has 0 unspecified atom stereocenters. The highest BCUT2D eigenvalue weighted by Gasteiger charge is 2.27. The molecule has 0 spiro atoms. The van der Waals surface area contributed by atoms with Crippen LogP contribution < -0.4 is 9.64 Å². The number of anilines is 1. The molecule has 0 aliphatic carbocycles. The van der Waals surface area contributed by atoms with Gasteiger partial charge < -0.3 is 19.6 Å². The van der Waals surface area contributed by atoms with Gasteiger partial charge in [0.2, 0.25) is 5.88 Å². The molecule has 1 atom stereocenters. The second-order valence-corrected chi connectivity index (χ2v) is 6.31. The van der Waals surface area contributed by atoms with Crippen molar-refractivity contribution in [2.24, 2.45) is 0 Å². The van der Waals surface area contributed by atoms with E-state index in [1.807, 2.05) is 24.0 Å². The van der Waals surface area contributed by atoms with Gasteiger partial charge >= 0.3 is 6.09 Å². The molecule has 0 bridgehead atoms. The number of ether oxygens (including phenoxy) is 1. The third kappa shape index (κ3) is 4.26. The van der Waals surface area contributed by atoms with Crippen LogP contribution in [0.3, 0.4) is 0 Å². The number of piperazine rings is 1. The number of aromatic nitrogens is 1. The van der Waals surface area contributed by atoms with Crippen LogP contribution >= 0.6 is 0 Å². The molecule has 1 aromatic carbocycles. The molecule has 1 fully saturated rings. The molecule has 1 N–H and O–H groups in total. The van der Waals surface area contributed by atoms with Gasteiger partial charge in [-0.05, 0) is 25.1 Å². The summed E-state index contributed by atoms with van der Waals surface area (Å²) in [5, 5.41) is 17.9. The van der Waals surface area contributed by atoms with E-state index in [4.69, 9.17) is 15.1 Å². The first-order valence-electron chi connectivity index (χ1n) is 8.51. The average molecular weight is 370 g/mol. The molecule has 0 saturated carbocycles. The number of pyridine rings is 1. The van der Waals surface area contributed by atoms with Crippen molar-refractivity contribution in [2.45, 2.75) is 19.6 Å². The molecule has 1 saturated heterocycles. The molecule has 1 aliphatic heterocycles. The maximum absolute atomic E-state index is 14.0. The summed E-state index contributed by atoms with van der Waals surface area (Å²) in [5.41, 5.74) is 0.593. The van der Waals surface area contributed by atoms with E-state index in [-0.39, 0.29) is 18.2 Å². The number of halogens is 1. The van der Waals surface area contributed by atoms with E-state index in [1.54, 1.807) is 12.1 Å². The van der Waals surface area contributed by atoms with Gasteiger partial charge in [-0.1, -0.05) is 12.1 Å². The molecule has 2 aromatic rings. The van der Waals surface area contributed by atoms with Crippen molar-refractivity contribution >= 4 is 11.9 Å². The highest BCUT2D eigenvalue weighted by atomic mass is 19.1. The molecule has 140 valence electrons. The van der Waals surface area contributed by atoms with Crippen LogP contribution in [0.2, 0.25) is 0 Å². The Morgan fingerprint density at radius 1 is 1.41 bits per heavy atom. The average Bonchev–Trinajstić information content (AvgIpc) is 2.67. The molecule has 0 radical (unpaired) electrons. The fourth-order valence-corrected chi connectivity index (χ4v) is 3.00. The zero-order chi connectivity index (χ0) is 19.4. The third-order valence-corrected chi connectivity index (χ3v) is 4.46. The highest BCUT2D eigenvalue weighted by Crippen LogP contribution is 2.22. The monoisotopic (exact) mass is 370 g/mol. The van der Waals surface area contributed by atoms with Gasteiger partial charge in [-0.2, -0.15) is 10.2 Å². The Labute approximate surface area is 156 Å². The van der Waals surface area contributed by atoms with Crippen molar-refractivity contribution in [3.05, 3.63) is 53.3 Å². The number of nitriles is 1. The van der Waals surface area contributed by atoms with Crippen LogP contribution in [0.25, 0.3) is 0 Å². The van der Waals surface area contributed by atoms with Crippen molar-refractivity contribution in [2.75, 3.05) is 24.5 Å². The maximum Gasteiger partial charge on any atom is 0.407 e. The molecule has 27 heavy (non-hydrogen) atoms. The Hall–Kier alpha value is -3.34. The predicted molar refractivity (Wildman–Crippen MR) is 96.1 cm³/mol. The Kier molecular flexibility index (Phi) is 5.41. The lowest BCUT2D eigenvalue weighted by atomic mass is 10.1. The molecule has 3 rings (SSSR count). The van der Waals surface area contributed by atoms with E-state index < -0.39 is 11.9 Å². The lowest BCUT2D eigenvalue weighted by Gasteiger charge is -2.39. The van der Waals surface area contributed by atoms with E-state index in [9.17, 15) is 9.18 Å². The largest absolute Gasteiger partial charge is 0.473 e. The number of rotatable bonds is 4. The van der Waals surface area contributed by atoms with Crippen LogP contribution in [-0.4, -0.2) is 46.8 Å². The summed E-state index contributed by atoms with van der Waals surface area (Å²) in [7, 11) is 0. The topological polar surface area (TPSA) is 89.7 Å². The van der Waals surface area contributed by atoms with E-state index in [0.29, 0.717) is 36.9 Å². The van der Waals surface area contributed by atoms with Gasteiger partial charge in [0, 0.05) is 37.3 Å². The fraction of sp³-hybridized carbons (Fsp3) is 0.316. The summed E-state index contributed by atoms with van der Waals surface area (Å²) in [5.74, 6) is 0.540. The Morgan fingerprint density at radius 3 is 2.89 bits per heavy atom. The summed E-state index contributed by atoms with van der Waals surface area (Å²) < 4.78 is 19.6. The van der Waals surface area contributed by atoms with Crippen molar-refractivity contribution in [1.29, 1.82) is 5.26 Å². The molecule has 1 amide bonds. The smallest absolute Gasteiger partial charge is 0.407 e. The lowest BCUT2D eigenvalue weighted by molar-refractivity contribution is 0.136. The standard InChI is InChI=1S/C19H19FN4O3/c1-13-11-23(19(25)26)7-8-24(13)17-3-2-4-18(22-17)27-12-15-6-5-14(10-21)9-16(15)20/h2-6,9,13H,7-8,11-12H2,1H3,(H,25,26)/t13-/m1/s1. The molecular formula is C19H19FN4O3. The number of hydrogen-bond donors (Lipinski definition) is 1. The SMILES string of the molecule is C[C@@H]1CN(C(=O)O)CCN1c1cccc(OCc2ccc(C#N)cc2F)n1. The Bertz CT molecular complexity index is 883. The number of carbonyl (C=O) groups is 1. The number of amides is 1. The number of benzene rings is 1. The van der Waals surface area contributed by atoms with Crippen molar-refractivity contribution in [3.63, 3.8) is 0 Å². The van der Waals surface area contributed by atoms with E-state index >= 15 is 0 Å². The van der Waals surface area contributed by atoms with Gasteiger partial charge in [0.05, 0.1) is 11.6 Å². The van der Waals surface area contributed by atoms with Gasteiger partial charge in [0.1, 0.15) is 18.2 Å². The van der Waals surface area contributed by atoms with Gasteiger partial charge in [0.25, 0.3) is 0 Å². The Morgan fingerprint density at radius 2 is 2.22 bits per heavy atom. The number of carboxylic acid groups (broad SMARTS) is 1. The van der Waals surface area contributed by atoms with Crippen molar-refractivity contribution in [1.82, 2.24) is 9.88 Å². The zero-order valence-electron chi connectivity index (χ0n) is 14.8.